The number of benzene rings is 1. The minimum atomic E-state index is -0.466. The molecule has 1 aromatic rings. The van der Waals surface area contributed by atoms with Crippen molar-refractivity contribution in [3.8, 4) is 0 Å². The van der Waals surface area contributed by atoms with Crippen LogP contribution in [0.4, 0.5) is 0 Å². The van der Waals surface area contributed by atoms with Crippen LogP contribution < -0.4 is 16.4 Å². The highest BCUT2D eigenvalue weighted by Gasteiger charge is 2.16. The summed E-state index contributed by atoms with van der Waals surface area (Å²) in [6.45, 7) is 8.60. The zero-order chi connectivity index (χ0) is 16.1. The van der Waals surface area contributed by atoms with Crippen molar-refractivity contribution in [1.82, 2.24) is 10.6 Å². The van der Waals surface area contributed by atoms with Crippen LogP contribution in [0.3, 0.4) is 0 Å². The predicted molar refractivity (Wildman–Crippen MR) is 88.0 cm³/mol. The molecule has 0 aliphatic heterocycles. The highest BCUT2D eigenvalue weighted by Crippen LogP contribution is 2.13. The number of rotatable bonds is 7. The molecular weight excluding hydrogens is 262 g/mol. The monoisotopic (exact) mass is 291 g/mol. The summed E-state index contributed by atoms with van der Waals surface area (Å²) in [7, 11) is 1.98. The van der Waals surface area contributed by atoms with Gasteiger partial charge in [-0.25, -0.2) is 0 Å². The molecule has 0 aromatic heterocycles. The third-order valence-electron chi connectivity index (χ3n) is 3.45. The Hall–Kier alpha value is -1.39. The molecule has 4 N–H and O–H groups in total. The Morgan fingerprint density at radius 1 is 1.10 bits per heavy atom. The highest BCUT2D eigenvalue weighted by molar-refractivity contribution is 5.77. The molecule has 0 radical (unpaired) electrons. The number of hydrogen-bond acceptors (Lipinski definition) is 3. The van der Waals surface area contributed by atoms with Gasteiger partial charge in [0.2, 0.25) is 5.91 Å². The predicted octanol–water partition coefficient (Wildman–Crippen LogP) is 1.97. The van der Waals surface area contributed by atoms with Gasteiger partial charge in [0.25, 0.3) is 0 Å². The number of likely N-dealkylation sites (N-methyl/N-ethyl adjacent to an activating group) is 1. The molecular formula is C17H29N3O. The van der Waals surface area contributed by atoms with Crippen molar-refractivity contribution in [3.63, 3.8) is 0 Å². The molecule has 0 heterocycles. The van der Waals surface area contributed by atoms with Crippen molar-refractivity contribution < 1.29 is 4.79 Å². The van der Waals surface area contributed by atoms with E-state index in [1.54, 1.807) is 0 Å². The molecule has 21 heavy (non-hydrogen) atoms. The summed E-state index contributed by atoms with van der Waals surface area (Å²) >= 11 is 0. The molecule has 1 rings (SSSR count). The molecule has 0 saturated carbocycles. The van der Waals surface area contributed by atoms with Crippen LogP contribution in [0.1, 0.15) is 45.2 Å². The van der Waals surface area contributed by atoms with Gasteiger partial charge in [-0.1, -0.05) is 24.3 Å². The molecule has 1 amide bonds. The average molecular weight is 291 g/mol. The van der Waals surface area contributed by atoms with E-state index in [2.05, 4.69) is 48.7 Å². The van der Waals surface area contributed by atoms with Crippen molar-refractivity contribution in [2.24, 2.45) is 5.73 Å². The molecule has 0 atom stereocenters. The quantitative estimate of drug-likeness (QED) is 0.719. The van der Waals surface area contributed by atoms with Gasteiger partial charge in [-0.05, 0) is 52.3 Å². The normalized spacial score (nSPS) is 12.3. The fourth-order valence-electron chi connectivity index (χ4n) is 2.05. The first-order chi connectivity index (χ1) is 9.61. The van der Waals surface area contributed by atoms with Gasteiger partial charge in [0, 0.05) is 24.0 Å². The fraction of sp³-hybridized carbons (Fsp3) is 0.588. The highest BCUT2D eigenvalue weighted by atomic mass is 16.1. The minimum absolute atomic E-state index is 0.0112. The molecule has 4 nitrogen and oxygen atoms in total. The topological polar surface area (TPSA) is 67.1 Å². The Morgan fingerprint density at radius 3 is 2.10 bits per heavy atom. The SMILES string of the molecule is CNC(C)(C)Cc1ccc(CNC(=O)CC(C)(C)N)cc1. The van der Waals surface area contributed by atoms with Crippen LogP contribution in [0.15, 0.2) is 24.3 Å². The smallest absolute Gasteiger partial charge is 0.222 e. The molecule has 4 heteroatoms. The van der Waals surface area contributed by atoms with Crippen LogP contribution >= 0.6 is 0 Å². The third kappa shape index (κ3) is 7.25. The summed E-state index contributed by atoms with van der Waals surface area (Å²) in [5.74, 6) is -0.0112. The van der Waals surface area contributed by atoms with Gasteiger partial charge < -0.3 is 16.4 Å². The lowest BCUT2D eigenvalue weighted by molar-refractivity contribution is -0.122. The van der Waals surface area contributed by atoms with Gasteiger partial charge in [-0.3, -0.25) is 4.79 Å². The number of hydrogen-bond donors (Lipinski definition) is 3. The molecule has 0 saturated heterocycles. The molecule has 0 aliphatic rings. The Bertz CT molecular complexity index is 458. The number of nitrogens with two attached hydrogens (primary N) is 1. The summed E-state index contributed by atoms with van der Waals surface area (Å²) in [5.41, 5.74) is 7.84. The summed E-state index contributed by atoms with van der Waals surface area (Å²) in [6, 6.07) is 8.37. The van der Waals surface area contributed by atoms with E-state index in [0.29, 0.717) is 13.0 Å². The summed E-state index contributed by atoms with van der Waals surface area (Å²) in [4.78, 5) is 11.7. The molecule has 1 aromatic carbocycles. The number of carbonyl (C=O) groups excluding carboxylic acids is 1. The van der Waals surface area contributed by atoms with E-state index < -0.39 is 5.54 Å². The summed E-state index contributed by atoms with van der Waals surface area (Å²) in [5, 5.41) is 6.20. The number of nitrogens with one attached hydrogen (secondary N) is 2. The Morgan fingerprint density at radius 2 is 1.62 bits per heavy atom. The second-order valence-corrected chi connectivity index (χ2v) is 7.07. The van der Waals surface area contributed by atoms with E-state index in [-0.39, 0.29) is 11.4 Å². The second-order valence-electron chi connectivity index (χ2n) is 7.07. The first-order valence-electron chi connectivity index (χ1n) is 7.44. The van der Waals surface area contributed by atoms with E-state index in [4.69, 9.17) is 5.73 Å². The van der Waals surface area contributed by atoms with Gasteiger partial charge in [0.1, 0.15) is 0 Å². The zero-order valence-electron chi connectivity index (χ0n) is 13.9. The van der Waals surface area contributed by atoms with Crippen LogP contribution in [-0.2, 0) is 17.8 Å². The van der Waals surface area contributed by atoms with Crippen molar-refractivity contribution in [2.45, 2.75) is 58.2 Å². The van der Waals surface area contributed by atoms with Gasteiger partial charge in [-0.2, -0.15) is 0 Å². The first kappa shape index (κ1) is 17.7. The van der Waals surface area contributed by atoms with Crippen LogP contribution in [0.2, 0.25) is 0 Å². The molecule has 0 bridgehead atoms. The minimum Gasteiger partial charge on any atom is -0.352 e. The van der Waals surface area contributed by atoms with E-state index >= 15 is 0 Å². The van der Waals surface area contributed by atoms with Crippen LogP contribution in [0, 0.1) is 0 Å². The van der Waals surface area contributed by atoms with E-state index in [1.165, 1.54) is 5.56 Å². The standard InChI is InChI=1S/C17H29N3O/c1-16(2,18)11-15(21)20-12-14-8-6-13(7-9-14)10-17(3,4)19-5/h6-9,19H,10-12,18H2,1-5H3,(H,20,21). The van der Waals surface area contributed by atoms with Crippen molar-refractivity contribution in [3.05, 3.63) is 35.4 Å². The van der Waals surface area contributed by atoms with Crippen molar-refractivity contribution in [1.29, 1.82) is 0 Å². The van der Waals surface area contributed by atoms with Crippen LogP contribution in [0.25, 0.3) is 0 Å². The molecule has 0 unspecified atom stereocenters. The Labute approximate surface area is 128 Å². The van der Waals surface area contributed by atoms with Gasteiger partial charge in [-0.15, -0.1) is 0 Å². The Balaban J connectivity index is 2.50. The maximum atomic E-state index is 11.7. The van der Waals surface area contributed by atoms with Crippen molar-refractivity contribution >= 4 is 5.91 Å². The van der Waals surface area contributed by atoms with Gasteiger partial charge >= 0.3 is 0 Å². The lowest BCUT2D eigenvalue weighted by Gasteiger charge is -2.24. The van der Waals surface area contributed by atoms with E-state index in [1.807, 2.05) is 20.9 Å². The fourth-order valence-corrected chi connectivity index (χ4v) is 2.05. The number of amides is 1. The lowest BCUT2D eigenvalue weighted by Crippen LogP contribution is -2.38. The molecule has 0 aliphatic carbocycles. The number of carbonyl (C=O) groups is 1. The van der Waals surface area contributed by atoms with E-state index in [9.17, 15) is 4.79 Å². The second kappa shape index (κ2) is 7.05. The molecule has 118 valence electrons. The largest absolute Gasteiger partial charge is 0.352 e. The first-order valence-corrected chi connectivity index (χ1v) is 7.44. The van der Waals surface area contributed by atoms with Gasteiger partial charge in [0.05, 0.1) is 0 Å². The molecule has 0 fully saturated rings. The summed E-state index contributed by atoms with van der Waals surface area (Å²) < 4.78 is 0. The average Bonchev–Trinajstić information content (AvgIpc) is 2.35. The van der Waals surface area contributed by atoms with Gasteiger partial charge in [0.15, 0.2) is 0 Å². The maximum Gasteiger partial charge on any atom is 0.222 e. The molecule has 0 spiro atoms. The van der Waals surface area contributed by atoms with E-state index in [0.717, 1.165) is 12.0 Å². The third-order valence-corrected chi connectivity index (χ3v) is 3.45. The van der Waals surface area contributed by atoms with Crippen LogP contribution in [-0.4, -0.2) is 24.0 Å². The zero-order valence-corrected chi connectivity index (χ0v) is 13.9. The van der Waals surface area contributed by atoms with Crippen molar-refractivity contribution in [2.75, 3.05) is 7.05 Å². The lowest BCUT2D eigenvalue weighted by atomic mass is 9.94. The summed E-state index contributed by atoms with van der Waals surface area (Å²) in [6.07, 6.45) is 1.30. The Kier molecular flexibility index (Phi) is 5.93. The van der Waals surface area contributed by atoms with Crippen LogP contribution in [0.5, 0.6) is 0 Å². The maximum absolute atomic E-state index is 11.7.